The highest BCUT2D eigenvalue weighted by Gasteiger charge is 2.10. The van der Waals surface area contributed by atoms with E-state index in [1.165, 1.54) is 18.2 Å². The minimum atomic E-state index is -0.455. The predicted molar refractivity (Wildman–Crippen MR) is 74.6 cm³/mol. The highest BCUT2D eigenvalue weighted by atomic mass is 35.5. The van der Waals surface area contributed by atoms with E-state index in [9.17, 15) is 8.78 Å². The third-order valence-electron chi connectivity index (χ3n) is 3.08. The standard InChI is InChI=1S/C15H14ClF2N/c1-9-13(17)4-3-5-15(9)19-10(2)11-6-7-12(16)14(18)8-11/h3-8,10,19H,1-2H3. The van der Waals surface area contributed by atoms with Gasteiger partial charge in [-0.1, -0.05) is 23.7 Å². The molecule has 4 heteroatoms. The average Bonchev–Trinajstić information content (AvgIpc) is 2.38. The third kappa shape index (κ3) is 3.04. The number of hydrogen-bond donors (Lipinski definition) is 1. The number of benzene rings is 2. The highest BCUT2D eigenvalue weighted by Crippen LogP contribution is 2.25. The van der Waals surface area contributed by atoms with Crippen LogP contribution in [0.25, 0.3) is 0 Å². The second-order valence-electron chi connectivity index (χ2n) is 4.45. The lowest BCUT2D eigenvalue weighted by molar-refractivity contribution is 0.617. The quantitative estimate of drug-likeness (QED) is 0.825. The Balaban J connectivity index is 2.23. The summed E-state index contributed by atoms with van der Waals surface area (Å²) in [6.45, 7) is 3.58. The molecule has 0 aliphatic rings. The van der Waals surface area contributed by atoms with Crippen molar-refractivity contribution in [3.05, 3.63) is 64.2 Å². The van der Waals surface area contributed by atoms with Crippen LogP contribution in [-0.2, 0) is 0 Å². The molecule has 100 valence electrons. The van der Waals surface area contributed by atoms with E-state index in [-0.39, 0.29) is 16.9 Å². The molecule has 0 saturated carbocycles. The molecule has 19 heavy (non-hydrogen) atoms. The first kappa shape index (κ1) is 13.8. The molecule has 0 saturated heterocycles. The molecular formula is C15H14ClF2N. The summed E-state index contributed by atoms with van der Waals surface area (Å²) in [5.74, 6) is -0.719. The Morgan fingerprint density at radius 1 is 1.11 bits per heavy atom. The van der Waals surface area contributed by atoms with Crippen LogP contribution >= 0.6 is 11.6 Å². The number of anilines is 1. The Labute approximate surface area is 116 Å². The van der Waals surface area contributed by atoms with E-state index in [1.807, 2.05) is 6.92 Å². The van der Waals surface area contributed by atoms with Gasteiger partial charge >= 0.3 is 0 Å². The molecule has 0 fully saturated rings. The summed E-state index contributed by atoms with van der Waals surface area (Å²) >= 11 is 5.65. The van der Waals surface area contributed by atoms with Crippen molar-refractivity contribution in [2.75, 3.05) is 5.32 Å². The molecule has 0 aliphatic heterocycles. The van der Waals surface area contributed by atoms with Gasteiger partial charge in [-0.15, -0.1) is 0 Å². The molecule has 1 unspecified atom stereocenters. The van der Waals surface area contributed by atoms with Gasteiger partial charge in [-0.05, 0) is 43.7 Å². The molecule has 1 nitrogen and oxygen atoms in total. The molecule has 0 bridgehead atoms. The number of halogens is 3. The zero-order valence-electron chi connectivity index (χ0n) is 10.7. The average molecular weight is 282 g/mol. The fraction of sp³-hybridized carbons (Fsp3) is 0.200. The third-order valence-corrected chi connectivity index (χ3v) is 3.39. The predicted octanol–water partition coefficient (Wildman–Crippen LogP) is 5.10. The van der Waals surface area contributed by atoms with Crippen LogP contribution in [0.4, 0.5) is 14.5 Å². The maximum absolute atomic E-state index is 13.4. The fourth-order valence-electron chi connectivity index (χ4n) is 1.86. The largest absolute Gasteiger partial charge is 0.378 e. The molecule has 0 heterocycles. The van der Waals surface area contributed by atoms with E-state index in [2.05, 4.69) is 5.32 Å². The second kappa shape index (κ2) is 5.57. The van der Waals surface area contributed by atoms with Crippen LogP contribution in [0, 0.1) is 18.6 Å². The van der Waals surface area contributed by atoms with Crippen LogP contribution in [0.15, 0.2) is 36.4 Å². The Bertz CT molecular complexity index is 599. The summed E-state index contributed by atoms with van der Waals surface area (Å²) in [4.78, 5) is 0. The minimum Gasteiger partial charge on any atom is -0.378 e. The summed E-state index contributed by atoms with van der Waals surface area (Å²) in [5.41, 5.74) is 2.00. The second-order valence-corrected chi connectivity index (χ2v) is 4.86. The normalized spacial score (nSPS) is 12.3. The van der Waals surface area contributed by atoms with Gasteiger partial charge in [-0.2, -0.15) is 0 Å². The lowest BCUT2D eigenvalue weighted by atomic mass is 10.1. The van der Waals surface area contributed by atoms with Crippen molar-refractivity contribution in [1.29, 1.82) is 0 Å². The maximum atomic E-state index is 13.4. The van der Waals surface area contributed by atoms with E-state index < -0.39 is 5.82 Å². The maximum Gasteiger partial charge on any atom is 0.142 e. The molecule has 2 aromatic rings. The molecule has 2 rings (SSSR count). The Kier molecular flexibility index (Phi) is 4.05. The van der Waals surface area contributed by atoms with E-state index in [0.29, 0.717) is 11.3 Å². The van der Waals surface area contributed by atoms with Crippen molar-refractivity contribution < 1.29 is 8.78 Å². The van der Waals surface area contributed by atoms with Gasteiger partial charge in [0.05, 0.1) is 5.02 Å². The first-order valence-corrected chi connectivity index (χ1v) is 6.33. The van der Waals surface area contributed by atoms with E-state index in [1.54, 1.807) is 25.1 Å². The molecule has 2 aromatic carbocycles. The molecule has 0 radical (unpaired) electrons. The molecule has 0 aromatic heterocycles. The molecule has 0 amide bonds. The van der Waals surface area contributed by atoms with Crippen molar-refractivity contribution in [1.82, 2.24) is 0 Å². The van der Waals surface area contributed by atoms with Gasteiger partial charge in [0.1, 0.15) is 11.6 Å². The van der Waals surface area contributed by atoms with Gasteiger partial charge in [0, 0.05) is 17.3 Å². The summed E-state index contributed by atoms with van der Waals surface area (Å²) in [6, 6.07) is 9.34. The van der Waals surface area contributed by atoms with Gasteiger partial charge in [0.2, 0.25) is 0 Å². The minimum absolute atomic E-state index is 0.0953. The van der Waals surface area contributed by atoms with Gasteiger partial charge in [-0.25, -0.2) is 8.78 Å². The lowest BCUT2D eigenvalue weighted by Crippen LogP contribution is -2.08. The Hall–Kier alpha value is -1.61. The number of rotatable bonds is 3. The van der Waals surface area contributed by atoms with Crippen LogP contribution in [0.2, 0.25) is 5.02 Å². The van der Waals surface area contributed by atoms with E-state index in [4.69, 9.17) is 11.6 Å². The summed E-state index contributed by atoms with van der Waals surface area (Å²) in [5, 5.41) is 3.26. The Morgan fingerprint density at radius 2 is 1.84 bits per heavy atom. The Morgan fingerprint density at radius 3 is 2.53 bits per heavy atom. The van der Waals surface area contributed by atoms with Crippen LogP contribution in [0.5, 0.6) is 0 Å². The van der Waals surface area contributed by atoms with Crippen molar-refractivity contribution in [2.45, 2.75) is 19.9 Å². The fourth-order valence-corrected chi connectivity index (χ4v) is 1.98. The SMILES string of the molecule is Cc1c(F)cccc1NC(C)c1ccc(Cl)c(F)c1. The lowest BCUT2D eigenvalue weighted by Gasteiger charge is -2.18. The van der Waals surface area contributed by atoms with Crippen molar-refractivity contribution in [3.63, 3.8) is 0 Å². The van der Waals surface area contributed by atoms with Crippen LogP contribution in [-0.4, -0.2) is 0 Å². The molecule has 0 spiro atoms. The van der Waals surface area contributed by atoms with E-state index in [0.717, 1.165) is 5.56 Å². The van der Waals surface area contributed by atoms with Crippen molar-refractivity contribution in [3.8, 4) is 0 Å². The summed E-state index contributed by atoms with van der Waals surface area (Å²) < 4.78 is 26.8. The highest BCUT2D eigenvalue weighted by molar-refractivity contribution is 6.30. The van der Waals surface area contributed by atoms with Crippen molar-refractivity contribution >= 4 is 17.3 Å². The molecule has 0 aliphatic carbocycles. The zero-order chi connectivity index (χ0) is 14.0. The number of nitrogens with one attached hydrogen (secondary N) is 1. The first-order chi connectivity index (χ1) is 8.99. The molecule has 1 atom stereocenters. The van der Waals surface area contributed by atoms with Gasteiger partial charge in [-0.3, -0.25) is 0 Å². The van der Waals surface area contributed by atoms with Crippen LogP contribution < -0.4 is 5.32 Å². The zero-order valence-corrected chi connectivity index (χ0v) is 11.4. The van der Waals surface area contributed by atoms with Gasteiger partial charge < -0.3 is 5.32 Å². The topological polar surface area (TPSA) is 12.0 Å². The van der Waals surface area contributed by atoms with Crippen molar-refractivity contribution in [2.24, 2.45) is 0 Å². The van der Waals surface area contributed by atoms with Crippen LogP contribution in [0.1, 0.15) is 24.1 Å². The van der Waals surface area contributed by atoms with Crippen LogP contribution in [0.3, 0.4) is 0 Å². The summed E-state index contributed by atoms with van der Waals surface area (Å²) in [7, 11) is 0. The van der Waals surface area contributed by atoms with E-state index >= 15 is 0 Å². The molecule has 1 N–H and O–H groups in total. The van der Waals surface area contributed by atoms with Gasteiger partial charge in [0.15, 0.2) is 0 Å². The number of hydrogen-bond acceptors (Lipinski definition) is 1. The monoisotopic (exact) mass is 281 g/mol. The molecular weight excluding hydrogens is 268 g/mol. The summed E-state index contributed by atoms with van der Waals surface area (Å²) in [6.07, 6.45) is 0. The first-order valence-electron chi connectivity index (χ1n) is 5.95. The van der Waals surface area contributed by atoms with Gasteiger partial charge in [0.25, 0.3) is 0 Å². The smallest absolute Gasteiger partial charge is 0.142 e.